The Morgan fingerprint density at radius 2 is 1.41 bits per heavy atom. The van der Waals surface area contributed by atoms with E-state index in [0.717, 1.165) is 0 Å². The van der Waals surface area contributed by atoms with Crippen molar-refractivity contribution in [2.75, 3.05) is 48.5 Å². The van der Waals surface area contributed by atoms with Gasteiger partial charge in [-0.3, -0.25) is 43.4 Å². The maximum Gasteiger partial charge on any atom is 0.338 e. The number of imide groups is 1. The van der Waals surface area contributed by atoms with Crippen LogP contribution in [0.15, 0.2) is 71.9 Å². The van der Waals surface area contributed by atoms with Gasteiger partial charge in [-0.15, -0.1) is 0 Å². The standard InChI is InChI=1S/C59H88N8O11/c1-15-38(6)53(65(12)58(74)51(36(2)3)61-57(73)52(37(4)5)64(10)11)46(76-13)35-50(71)66-34-22-25-45(66)54(77-14)39(7)56(72)60-41(9)55(43-23-18-16-19-24-43)78-59(75)44-29-27-42(28-30-44)40(8)62-63-47(68)26-20-17-21-33-67-48(69)31-32-49(67)70/h16,18-19,23-24,27-32,36-39,41,45-46,51-55H,15,17,20-22,25-26,33-35H2,1-14H3,(H,60,72)(H,61,73)(H,63,68)/b62-40+/t38-,39+,41+,45-,46+,51-,52-,53-,54+,55+/m0/s1. The lowest BCUT2D eigenvalue weighted by atomic mass is 9.89. The first-order valence-electron chi connectivity index (χ1n) is 27.6. The Morgan fingerprint density at radius 3 is 1.97 bits per heavy atom. The maximum absolute atomic E-state index is 14.5. The SMILES string of the molecule is CC[C@H](C)[C@@H]([C@@H](CC(=O)N1CCC[C@H]1[C@H](OC)[C@@H](C)C(=O)N[C@H](C)[C@@H](OC(=O)c1ccc(/C(C)=N/NC(=O)CCCCCN2C(=O)C=CC2=O)cc1)c1ccccc1)OC)N(C)C(=O)[C@@H](NC(=O)[C@H](C(C)C)N(C)C)C(C)C. The molecular formula is C59H88N8O11. The molecule has 0 aromatic heterocycles. The number of unbranched alkanes of at least 4 members (excludes halogenated alkanes) is 2. The van der Waals surface area contributed by atoms with Crippen LogP contribution in [0.3, 0.4) is 0 Å². The minimum Gasteiger partial charge on any atom is -0.452 e. The molecule has 2 heterocycles. The predicted molar refractivity (Wildman–Crippen MR) is 299 cm³/mol. The highest BCUT2D eigenvalue weighted by molar-refractivity contribution is 6.12. The van der Waals surface area contributed by atoms with Crippen molar-refractivity contribution in [3.05, 3.63) is 83.4 Å². The molecular weight excluding hydrogens is 997 g/mol. The second-order valence-electron chi connectivity index (χ2n) is 21.8. The van der Waals surface area contributed by atoms with Gasteiger partial charge in [-0.1, -0.05) is 104 Å². The lowest BCUT2D eigenvalue weighted by molar-refractivity contribution is -0.148. The third kappa shape index (κ3) is 17.3. The summed E-state index contributed by atoms with van der Waals surface area (Å²) in [5, 5.41) is 10.3. The van der Waals surface area contributed by atoms with E-state index in [2.05, 4.69) is 21.2 Å². The van der Waals surface area contributed by atoms with Crippen molar-refractivity contribution in [2.45, 2.75) is 162 Å². The lowest BCUT2D eigenvalue weighted by Crippen LogP contribution is -2.59. The molecule has 19 nitrogen and oxygen atoms in total. The molecule has 2 aliphatic rings. The van der Waals surface area contributed by atoms with E-state index in [-0.39, 0.29) is 77.5 Å². The van der Waals surface area contributed by atoms with Crippen molar-refractivity contribution in [1.29, 1.82) is 0 Å². The summed E-state index contributed by atoms with van der Waals surface area (Å²) in [4.78, 5) is 113. The second-order valence-corrected chi connectivity index (χ2v) is 21.8. The number of carbonyl (C=O) groups excluding carboxylic acids is 8. The molecule has 1 fully saturated rings. The van der Waals surface area contributed by atoms with Crippen molar-refractivity contribution in [1.82, 2.24) is 35.7 Å². The van der Waals surface area contributed by atoms with Crippen molar-refractivity contribution in [3.63, 3.8) is 0 Å². The van der Waals surface area contributed by atoms with Crippen LogP contribution < -0.4 is 16.1 Å². The van der Waals surface area contributed by atoms with Gasteiger partial charge in [0.2, 0.25) is 29.5 Å². The highest BCUT2D eigenvalue weighted by Crippen LogP contribution is 2.31. The lowest BCUT2D eigenvalue weighted by Gasteiger charge is -2.41. The molecule has 0 saturated carbocycles. The van der Waals surface area contributed by atoms with Gasteiger partial charge in [-0.05, 0) is 94.6 Å². The summed E-state index contributed by atoms with van der Waals surface area (Å²) in [6.45, 7) is 17.8. The molecule has 0 bridgehead atoms. The molecule has 3 N–H and O–H groups in total. The predicted octanol–water partition coefficient (Wildman–Crippen LogP) is 6.06. The Morgan fingerprint density at radius 1 is 0.782 bits per heavy atom. The summed E-state index contributed by atoms with van der Waals surface area (Å²) in [6, 6.07) is 12.8. The van der Waals surface area contributed by atoms with Crippen molar-refractivity contribution >= 4 is 53.0 Å². The van der Waals surface area contributed by atoms with E-state index in [4.69, 9.17) is 14.2 Å². The topological polar surface area (TPSA) is 226 Å². The molecule has 7 amide bonds. The number of benzene rings is 2. The van der Waals surface area contributed by atoms with E-state index >= 15 is 0 Å². The highest BCUT2D eigenvalue weighted by atomic mass is 16.5. The number of hydrogen-bond acceptors (Lipinski definition) is 13. The van der Waals surface area contributed by atoms with Crippen LogP contribution in [0.5, 0.6) is 0 Å². The van der Waals surface area contributed by atoms with E-state index in [1.54, 1.807) is 69.0 Å². The Hall–Kier alpha value is -6.31. The van der Waals surface area contributed by atoms with Gasteiger partial charge in [-0.25, -0.2) is 10.2 Å². The van der Waals surface area contributed by atoms with E-state index < -0.39 is 60.4 Å². The molecule has 0 unspecified atom stereocenters. The van der Waals surface area contributed by atoms with E-state index in [0.29, 0.717) is 68.5 Å². The van der Waals surface area contributed by atoms with Gasteiger partial charge in [0.15, 0.2) is 0 Å². The van der Waals surface area contributed by atoms with Gasteiger partial charge in [0.05, 0.1) is 60.0 Å². The molecule has 1 saturated heterocycles. The zero-order valence-corrected chi connectivity index (χ0v) is 48.6. The molecule has 78 heavy (non-hydrogen) atoms. The van der Waals surface area contributed by atoms with Gasteiger partial charge < -0.3 is 34.6 Å². The average molecular weight is 1090 g/mol. The van der Waals surface area contributed by atoms with Crippen LogP contribution in [-0.2, 0) is 47.8 Å². The summed E-state index contributed by atoms with van der Waals surface area (Å²) in [5.74, 6) is -3.59. The molecule has 4 rings (SSSR count). The van der Waals surface area contributed by atoms with Gasteiger partial charge in [-0.2, -0.15) is 5.10 Å². The first-order chi connectivity index (χ1) is 37.0. The Labute approximate surface area is 462 Å². The van der Waals surface area contributed by atoms with Crippen LogP contribution in [0.2, 0.25) is 0 Å². The number of carbonyl (C=O) groups is 8. The van der Waals surface area contributed by atoms with Crippen molar-refractivity contribution in [3.8, 4) is 0 Å². The molecule has 2 aromatic carbocycles. The zero-order valence-electron chi connectivity index (χ0n) is 48.6. The number of hydrazone groups is 1. The molecule has 10 atom stereocenters. The number of likely N-dealkylation sites (N-methyl/N-ethyl adjacent to an activating group) is 2. The smallest absolute Gasteiger partial charge is 0.338 e. The van der Waals surface area contributed by atoms with Gasteiger partial charge in [0.1, 0.15) is 12.1 Å². The molecule has 0 aliphatic carbocycles. The normalized spacial score (nSPS) is 18.3. The Balaban J connectivity index is 1.40. The van der Waals surface area contributed by atoms with Crippen molar-refractivity contribution in [2.24, 2.45) is 28.8 Å². The summed E-state index contributed by atoms with van der Waals surface area (Å²) in [7, 11) is 8.48. The Bertz CT molecular complexity index is 2380. The number of amides is 7. The number of likely N-dealkylation sites (tertiary alicyclic amines) is 1. The summed E-state index contributed by atoms with van der Waals surface area (Å²) in [5.41, 5.74) is 4.66. The van der Waals surface area contributed by atoms with Gasteiger partial charge in [0.25, 0.3) is 11.8 Å². The fourth-order valence-corrected chi connectivity index (χ4v) is 10.6. The van der Waals surface area contributed by atoms with E-state index in [9.17, 15) is 38.4 Å². The Kier molecular flexibility index (Phi) is 25.3. The van der Waals surface area contributed by atoms with Gasteiger partial charge in [0, 0.05) is 52.9 Å². The van der Waals surface area contributed by atoms with Crippen molar-refractivity contribution < 1.29 is 52.6 Å². The number of rotatable bonds is 30. The quantitative estimate of drug-likeness (QED) is 0.0267. The number of hydrogen-bond donors (Lipinski definition) is 3. The molecule has 430 valence electrons. The van der Waals surface area contributed by atoms with E-state index in [1.165, 1.54) is 24.2 Å². The third-order valence-electron chi connectivity index (χ3n) is 15.2. The third-order valence-corrected chi connectivity index (χ3v) is 15.2. The number of nitrogens with zero attached hydrogens (tertiary/aromatic N) is 5. The summed E-state index contributed by atoms with van der Waals surface area (Å²) in [6.07, 6.45) is 4.21. The molecule has 2 aliphatic heterocycles. The van der Waals surface area contributed by atoms with Crippen LogP contribution in [-0.4, -0.2) is 164 Å². The fourth-order valence-electron chi connectivity index (χ4n) is 10.6. The number of ether oxygens (including phenoxy) is 3. The van der Waals surface area contributed by atoms with E-state index in [1.807, 2.05) is 90.9 Å². The molecule has 0 radical (unpaired) electrons. The van der Waals surface area contributed by atoms with Crippen LogP contribution in [0.25, 0.3) is 0 Å². The van der Waals surface area contributed by atoms with Crippen LogP contribution in [0.4, 0.5) is 0 Å². The number of nitrogens with one attached hydrogen (secondary N) is 3. The average Bonchev–Trinajstić information content (AvgIpc) is 4.03. The molecule has 19 heteroatoms. The summed E-state index contributed by atoms with van der Waals surface area (Å²) >= 11 is 0. The molecule has 2 aromatic rings. The summed E-state index contributed by atoms with van der Waals surface area (Å²) < 4.78 is 18.3. The monoisotopic (exact) mass is 1080 g/mol. The maximum atomic E-state index is 14.5. The number of methoxy groups -OCH3 is 2. The zero-order chi connectivity index (χ0) is 58.0. The highest BCUT2D eigenvalue weighted by Gasteiger charge is 2.44. The van der Waals surface area contributed by atoms with Crippen LogP contribution in [0, 0.1) is 23.7 Å². The minimum absolute atomic E-state index is 0.0138. The molecule has 0 spiro atoms. The second kappa shape index (κ2) is 30.7. The fraction of sp³-hybridized carbons (Fsp3) is 0.610. The first kappa shape index (κ1) is 64.2. The number of esters is 1. The van der Waals surface area contributed by atoms with Crippen LogP contribution >= 0.6 is 0 Å². The minimum atomic E-state index is -0.891. The first-order valence-corrected chi connectivity index (χ1v) is 27.6. The van der Waals surface area contributed by atoms with Gasteiger partial charge >= 0.3 is 5.97 Å². The largest absolute Gasteiger partial charge is 0.452 e. The van der Waals surface area contributed by atoms with Crippen LogP contribution in [0.1, 0.15) is 141 Å².